The number of rotatable bonds is 10. The van der Waals surface area contributed by atoms with Gasteiger partial charge in [0.05, 0.1) is 5.69 Å². The summed E-state index contributed by atoms with van der Waals surface area (Å²) in [4.78, 5) is 9.31. The average Bonchev–Trinajstić information content (AvgIpc) is 2.50. The Kier molecular flexibility index (Phi) is 8.42. The van der Waals surface area contributed by atoms with Crippen molar-refractivity contribution in [1.82, 2.24) is 14.8 Å². The van der Waals surface area contributed by atoms with Crippen molar-refractivity contribution in [1.29, 1.82) is 0 Å². The summed E-state index contributed by atoms with van der Waals surface area (Å²) >= 11 is 0. The molecule has 1 heterocycles. The van der Waals surface area contributed by atoms with Gasteiger partial charge in [-0.15, -0.1) is 0 Å². The number of aromatic nitrogens is 1. The van der Waals surface area contributed by atoms with Gasteiger partial charge >= 0.3 is 0 Å². The summed E-state index contributed by atoms with van der Waals surface area (Å²) in [6, 6.07) is 4.14. The van der Waals surface area contributed by atoms with E-state index in [-0.39, 0.29) is 0 Å². The molecule has 0 aliphatic rings. The second-order valence-electron chi connectivity index (χ2n) is 5.06. The van der Waals surface area contributed by atoms with Crippen LogP contribution in [0.4, 0.5) is 0 Å². The van der Waals surface area contributed by atoms with Crippen molar-refractivity contribution in [3.8, 4) is 0 Å². The first-order valence-electron chi connectivity index (χ1n) is 7.82. The van der Waals surface area contributed by atoms with Gasteiger partial charge in [0.2, 0.25) is 0 Å². The van der Waals surface area contributed by atoms with Gasteiger partial charge in [-0.2, -0.15) is 0 Å². The van der Waals surface area contributed by atoms with Crippen LogP contribution >= 0.6 is 0 Å². The minimum Gasteiger partial charge on any atom is -0.325 e. The van der Waals surface area contributed by atoms with Crippen LogP contribution in [0.3, 0.4) is 0 Å². The maximum Gasteiger partial charge on any atom is 0.0584 e. The highest BCUT2D eigenvalue weighted by Crippen LogP contribution is 2.09. The lowest BCUT2D eigenvalue weighted by Gasteiger charge is -2.24. The number of hydrogen-bond donors (Lipinski definition) is 1. The van der Waals surface area contributed by atoms with Gasteiger partial charge in [0.1, 0.15) is 0 Å². The van der Waals surface area contributed by atoms with Crippen LogP contribution in [-0.2, 0) is 13.1 Å². The molecular weight excluding hydrogens is 248 g/mol. The molecule has 4 heteroatoms. The smallest absolute Gasteiger partial charge is 0.0584 e. The van der Waals surface area contributed by atoms with Crippen LogP contribution in [0.15, 0.2) is 18.3 Å². The van der Waals surface area contributed by atoms with Crippen LogP contribution in [0.25, 0.3) is 0 Å². The molecule has 0 saturated carbocycles. The van der Waals surface area contributed by atoms with E-state index in [2.05, 4.69) is 41.6 Å². The molecule has 0 amide bonds. The van der Waals surface area contributed by atoms with E-state index in [0.717, 1.165) is 38.4 Å². The quantitative estimate of drug-likeness (QED) is 0.712. The van der Waals surface area contributed by atoms with Gasteiger partial charge in [-0.05, 0) is 50.8 Å². The second-order valence-corrected chi connectivity index (χ2v) is 5.06. The third kappa shape index (κ3) is 5.57. The molecule has 0 aliphatic carbocycles. The average molecular weight is 278 g/mol. The number of pyridine rings is 1. The number of nitrogens with zero attached hydrogens (tertiary/aromatic N) is 3. The number of hydrogen-bond acceptors (Lipinski definition) is 4. The lowest BCUT2D eigenvalue weighted by atomic mass is 10.1. The highest BCUT2D eigenvalue weighted by atomic mass is 15.1. The normalized spacial score (nSPS) is 11.5. The van der Waals surface area contributed by atoms with Crippen molar-refractivity contribution in [2.24, 2.45) is 5.73 Å². The second kappa shape index (κ2) is 9.86. The third-order valence-electron chi connectivity index (χ3n) is 3.86. The lowest BCUT2D eigenvalue weighted by molar-refractivity contribution is 0.238. The standard InChI is InChI=1S/C16H30N4/c1-4-19(5-2)11-8-12-20(6-3)14-15-9-7-10-18-16(15)13-17/h7,9-10H,4-6,8,11-14,17H2,1-3H3. The zero-order valence-electron chi connectivity index (χ0n) is 13.3. The van der Waals surface area contributed by atoms with Crippen LogP contribution in [0, 0.1) is 0 Å². The molecule has 0 spiro atoms. The Bertz CT molecular complexity index is 363. The maximum atomic E-state index is 5.76. The first-order valence-corrected chi connectivity index (χ1v) is 7.82. The van der Waals surface area contributed by atoms with Crippen LogP contribution in [0.5, 0.6) is 0 Å². The van der Waals surface area contributed by atoms with Crippen molar-refractivity contribution in [2.45, 2.75) is 40.3 Å². The molecule has 0 unspecified atom stereocenters. The maximum absolute atomic E-state index is 5.76. The van der Waals surface area contributed by atoms with Gasteiger partial charge in [-0.25, -0.2) is 0 Å². The number of nitrogens with two attached hydrogens (primary N) is 1. The van der Waals surface area contributed by atoms with Crippen molar-refractivity contribution >= 4 is 0 Å². The fourth-order valence-corrected chi connectivity index (χ4v) is 2.45. The van der Waals surface area contributed by atoms with E-state index in [9.17, 15) is 0 Å². The molecule has 0 aliphatic heterocycles. The molecule has 1 aromatic heterocycles. The van der Waals surface area contributed by atoms with E-state index >= 15 is 0 Å². The Balaban J connectivity index is 2.46. The summed E-state index contributed by atoms with van der Waals surface area (Å²) < 4.78 is 0. The van der Waals surface area contributed by atoms with Crippen molar-refractivity contribution in [3.63, 3.8) is 0 Å². The SMILES string of the molecule is CCN(CC)CCCN(CC)Cc1cccnc1CN. The van der Waals surface area contributed by atoms with Gasteiger partial charge in [0.15, 0.2) is 0 Å². The monoisotopic (exact) mass is 278 g/mol. The fraction of sp³-hybridized carbons (Fsp3) is 0.688. The van der Waals surface area contributed by atoms with Crippen molar-refractivity contribution in [3.05, 3.63) is 29.6 Å². The minimum absolute atomic E-state index is 0.521. The molecule has 0 fully saturated rings. The zero-order valence-corrected chi connectivity index (χ0v) is 13.3. The van der Waals surface area contributed by atoms with Crippen LogP contribution in [0.1, 0.15) is 38.4 Å². The van der Waals surface area contributed by atoms with E-state index < -0.39 is 0 Å². The summed E-state index contributed by atoms with van der Waals surface area (Å²) in [5, 5.41) is 0. The molecule has 114 valence electrons. The van der Waals surface area contributed by atoms with Crippen molar-refractivity contribution in [2.75, 3.05) is 32.7 Å². The summed E-state index contributed by atoms with van der Waals surface area (Å²) in [6.07, 6.45) is 3.04. The highest BCUT2D eigenvalue weighted by Gasteiger charge is 2.08. The van der Waals surface area contributed by atoms with Gasteiger partial charge < -0.3 is 10.6 Å². The van der Waals surface area contributed by atoms with Gasteiger partial charge in [0, 0.05) is 19.3 Å². The summed E-state index contributed by atoms with van der Waals surface area (Å²) in [5.74, 6) is 0. The molecule has 2 N–H and O–H groups in total. The molecule has 4 nitrogen and oxygen atoms in total. The van der Waals surface area contributed by atoms with Gasteiger partial charge in [-0.1, -0.05) is 26.8 Å². The Morgan fingerprint density at radius 3 is 2.30 bits per heavy atom. The van der Waals surface area contributed by atoms with E-state index in [1.54, 1.807) is 0 Å². The predicted octanol–water partition coefficient (Wildman–Crippen LogP) is 2.09. The van der Waals surface area contributed by atoms with Crippen molar-refractivity contribution < 1.29 is 0 Å². The Labute approximate surface area is 124 Å². The summed E-state index contributed by atoms with van der Waals surface area (Å²) in [6.45, 7) is 13.8. The van der Waals surface area contributed by atoms with Crippen LogP contribution in [-0.4, -0.2) is 47.5 Å². The lowest BCUT2D eigenvalue weighted by Crippen LogP contribution is -2.30. The summed E-state index contributed by atoms with van der Waals surface area (Å²) in [5.41, 5.74) is 8.04. The van der Waals surface area contributed by atoms with E-state index in [1.807, 2.05) is 12.3 Å². The first-order chi connectivity index (χ1) is 9.74. The molecule has 20 heavy (non-hydrogen) atoms. The van der Waals surface area contributed by atoms with Crippen LogP contribution in [0.2, 0.25) is 0 Å². The van der Waals surface area contributed by atoms with E-state index in [1.165, 1.54) is 18.5 Å². The topological polar surface area (TPSA) is 45.4 Å². The molecular formula is C16H30N4. The van der Waals surface area contributed by atoms with E-state index in [0.29, 0.717) is 6.54 Å². The first kappa shape index (κ1) is 17.1. The minimum atomic E-state index is 0.521. The highest BCUT2D eigenvalue weighted by molar-refractivity contribution is 5.19. The van der Waals surface area contributed by atoms with Gasteiger partial charge in [-0.3, -0.25) is 9.88 Å². The fourth-order valence-electron chi connectivity index (χ4n) is 2.45. The molecule has 1 aromatic rings. The molecule has 0 radical (unpaired) electrons. The molecule has 0 bridgehead atoms. The Hall–Kier alpha value is -0.970. The van der Waals surface area contributed by atoms with Gasteiger partial charge in [0.25, 0.3) is 0 Å². The Morgan fingerprint density at radius 1 is 1.05 bits per heavy atom. The Morgan fingerprint density at radius 2 is 1.70 bits per heavy atom. The van der Waals surface area contributed by atoms with E-state index in [4.69, 9.17) is 5.73 Å². The molecule has 1 rings (SSSR count). The summed E-state index contributed by atoms with van der Waals surface area (Å²) in [7, 11) is 0. The predicted molar refractivity (Wildman–Crippen MR) is 85.5 cm³/mol. The van der Waals surface area contributed by atoms with Crippen LogP contribution < -0.4 is 5.73 Å². The zero-order chi connectivity index (χ0) is 14.8. The molecule has 0 atom stereocenters. The third-order valence-corrected chi connectivity index (χ3v) is 3.86. The molecule has 0 aromatic carbocycles. The molecule has 0 saturated heterocycles. The largest absolute Gasteiger partial charge is 0.325 e.